The van der Waals surface area contributed by atoms with Crippen LogP contribution in [0.3, 0.4) is 0 Å². The number of fused-ring (bicyclic) bond motifs is 1. The Morgan fingerprint density at radius 3 is 3.00 bits per heavy atom. The van der Waals surface area contributed by atoms with Crippen molar-refractivity contribution in [2.45, 2.75) is 26.3 Å². The lowest BCUT2D eigenvalue weighted by Crippen LogP contribution is -2.06. The number of imidazole rings is 1. The van der Waals surface area contributed by atoms with Gasteiger partial charge in [-0.3, -0.25) is 0 Å². The van der Waals surface area contributed by atoms with Crippen LogP contribution >= 0.6 is 39.9 Å². The van der Waals surface area contributed by atoms with Crippen molar-refractivity contribution < 1.29 is 0 Å². The molecular formula is C13H17BrN2S2. The molecule has 2 nitrogen and oxygen atoms in total. The van der Waals surface area contributed by atoms with Crippen molar-refractivity contribution in [3.63, 3.8) is 0 Å². The molecule has 1 aromatic heterocycles. The van der Waals surface area contributed by atoms with E-state index in [-0.39, 0.29) is 0 Å². The first-order chi connectivity index (χ1) is 8.63. The van der Waals surface area contributed by atoms with Crippen molar-refractivity contribution in [2.75, 3.05) is 11.5 Å². The highest BCUT2D eigenvalue weighted by atomic mass is 79.9. The Balaban J connectivity index is 2.32. The van der Waals surface area contributed by atoms with Gasteiger partial charge in [-0.05, 0) is 55.3 Å². The summed E-state index contributed by atoms with van der Waals surface area (Å²) in [6, 6.07) is 6.70. The quantitative estimate of drug-likeness (QED) is 0.596. The van der Waals surface area contributed by atoms with E-state index in [1.165, 1.54) is 17.0 Å². The Kier molecular flexibility index (Phi) is 4.92. The largest absolute Gasteiger partial charge is 0.331 e. The lowest BCUT2D eigenvalue weighted by molar-refractivity contribution is 0.543. The van der Waals surface area contributed by atoms with Crippen LogP contribution < -0.4 is 0 Å². The van der Waals surface area contributed by atoms with Gasteiger partial charge in [0.1, 0.15) is 0 Å². The molecule has 0 aliphatic heterocycles. The summed E-state index contributed by atoms with van der Waals surface area (Å²) in [5.41, 5.74) is 2.29. The highest BCUT2D eigenvalue weighted by Gasteiger charge is 2.11. The Morgan fingerprint density at radius 2 is 2.28 bits per heavy atom. The number of rotatable bonds is 5. The summed E-state index contributed by atoms with van der Waals surface area (Å²) in [5.74, 6) is 2.36. The van der Waals surface area contributed by atoms with Gasteiger partial charge in [-0.2, -0.15) is 11.8 Å². The summed E-state index contributed by atoms with van der Waals surface area (Å²) in [7, 11) is 0. The Labute approximate surface area is 125 Å². The van der Waals surface area contributed by atoms with Gasteiger partial charge in [-0.25, -0.2) is 0 Å². The average molecular weight is 345 g/mol. The van der Waals surface area contributed by atoms with Crippen molar-refractivity contribution in [1.82, 2.24) is 9.55 Å². The molecule has 1 N–H and O–H groups in total. The van der Waals surface area contributed by atoms with Crippen molar-refractivity contribution in [2.24, 2.45) is 0 Å². The standard InChI is InChI=1S/C13H17BrN2S2/c1-3-18-7-6-9(2)16-12-5-4-10(14)8-11(12)15-13(16)17/h4-5,8-9H,3,6-7H2,1-2H3,(H,15,17). The fourth-order valence-corrected chi connectivity index (χ4v) is 3.61. The molecule has 0 amide bonds. The Morgan fingerprint density at radius 1 is 1.50 bits per heavy atom. The molecule has 0 aliphatic carbocycles. The molecule has 5 heteroatoms. The third-order valence-corrected chi connectivity index (χ3v) is 4.73. The number of hydrogen-bond donors (Lipinski definition) is 1. The highest BCUT2D eigenvalue weighted by Crippen LogP contribution is 2.24. The number of benzene rings is 1. The van der Waals surface area contributed by atoms with Crippen LogP contribution in [0.4, 0.5) is 0 Å². The maximum absolute atomic E-state index is 5.44. The molecule has 0 spiro atoms. The lowest BCUT2D eigenvalue weighted by atomic mass is 10.2. The maximum Gasteiger partial charge on any atom is 0.178 e. The number of thioether (sulfide) groups is 1. The van der Waals surface area contributed by atoms with Crippen molar-refractivity contribution in [3.8, 4) is 0 Å². The van der Waals surface area contributed by atoms with Crippen molar-refractivity contribution in [3.05, 3.63) is 27.4 Å². The van der Waals surface area contributed by atoms with Gasteiger partial charge in [0, 0.05) is 10.5 Å². The van der Waals surface area contributed by atoms with Crippen LogP contribution in [-0.2, 0) is 0 Å². The zero-order chi connectivity index (χ0) is 13.1. The number of aromatic amines is 1. The van der Waals surface area contributed by atoms with E-state index < -0.39 is 0 Å². The number of halogens is 1. The Hall–Kier alpha value is -0.260. The molecule has 1 heterocycles. The SMILES string of the molecule is CCSCCC(C)n1c(=S)[nH]c2cc(Br)ccc21. The summed E-state index contributed by atoms with van der Waals surface area (Å²) >= 11 is 10.9. The topological polar surface area (TPSA) is 20.7 Å². The molecule has 0 saturated carbocycles. The number of aromatic nitrogens is 2. The average Bonchev–Trinajstić information content (AvgIpc) is 2.64. The van der Waals surface area contributed by atoms with Crippen LogP contribution in [0.15, 0.2) is 22.7 Å². The monoisotopic (exact) mass is 344 g/mol. The number of nitrogens with one attached hydrogen (secondary N) is 1. The Bertz CT molecular complexity index is 588. The van der Waals surface area contributed by atoms with Gasteiger partial charge in [0.15, 0.2) is 4.77 Å². The normalized spacial score (nSPS) is 13.1. The molecule has 1 unspecified atom stereocenters. The molecule has 1 atom stereocenters. The smallest absolute Gasteiger partial charge is 0.178 e. The molecule has 2 aromatic rings. The van der Waals surface area contributed by atoms with Gasteiger partial charge in [-0.1, -0.05) is 22.9 Å². The molecule has 0 radical (unpaired) electrons. The molecule has 18 heavy (non-hydrogen) atoms. The molecule has 98 valence electrons. The van der Waals surface area contributed by atoms with E-state index in [0.717, 1.165) is 21.2 Å². The predicted octanol–water partition coefficient (Wildman–Crippen LogP) is 5.17. The van der Waals surface area contributed by atoms with E-state index in [2.05, 4.69) is 57.5 Å². The van der Waals surface area contributed by atoms with Gasteiger partial charge in [0.25, 0.3) is 0 Å². The number of nitrogens with zero attached hydrogens (tertiary/aromatic N) is 1. The fourth-order valence-electron chi connectivity index (χ4n) is 2.07. The van der Waals surface area contributed by atoms with Crippen LogP contribution in [0.25, 0.3) is 11.0 Å². The molecule has 1 aromatic carbocycles. The second-order valence-electron chi connectivity index (χ2n) is 4.30. The molecule has 0 saturated heterocycles. The highest BCUT2D eigenvalue weighted by molar-refractivity contribution is 9.10. The number of H-pyrrole nitrogens is 1. The molecule has 2 rings (SSSR count). The van der Waals surface area contributed by atoms with Gasteiger partial charge < -0.3 is 9.55 Å². The molecule has 0 fully saturated rings. The van der Waals surface area contributed by atoms with Crippen LogP contribution in [0, 0.1) is 4.77 Å². The zero-order valence-electron chi connectivity index (χ0n) is 10.6. The van der Waals surface area contributed by atoms with Crippen LogP contribution in [0.2, 0.25) is 0 Å². The van der Waals surface area contributed by atoms with Gasteiger partial charge in [0.2, 0.25) is 0 Å². The van der Waals surface area contributed by atoms with Gasteiger partial charge >= 0.3 is 0 Å². The minimum atomic E-state index is 0.437. The van der Waals surface area contributed by atoms with E-state index >= 15 is 0 Å². The molecular weight excluding hydrogens is 328 g/mol. The predicted molar refractivity (Wildman–Crippen MR) is 87.1 cm³/mol. The summed E-state index contributed by atoms with van der Waals surface area (Å²) in [4.78, 5) is 3.28. The van der Waals surface area contributed by atoms with E-state index in [4.69, 9.17) is 12.2 Å². The summed E-state index contributed by atoms with van der Waals surface area (Å²) in [6.45, 7) is 4.44. The van der Waals surface area contributed by atoms with Crippen LogP contribution in [0.1, 0.15) is 26.3 Å². The minimum Gasteiger partial charge on any atom is -0.331 e. The van der Waals surface area contributed by atoms with Gasteiger partial charge in [0.05, 0.1) is 11.0 Å². The van der Waals surface area contributed by atoms with Gasteiger partial charge in [-0.15, -0.1) is 0 Å². The number of hydrogen-bond acceptors (Lipinski definition) is 2. The van der Waals surface area contributed by atoms with E-state index in [1.807, 2.05) is 11.8 Å². The van der Waals surface area contributed by atoms with Crippen LogP contribution in [-0.4, -0.2) is 21.1 Å². The van der Waals surface area contributed by atoms with Crippen LogP contribution in [0.5, 0.6) is 0 Å². The second-order valence-corrected chi connectivity index (χ2v) is 6.99. The summed E-state index contributed by atoms with van der Waals surface area (Å²) in [6.07, 6.45) is 1.15. The first-order valence-corrected chi connectivity index (χ1v) is 8.46. The molecule has 0 aliphatic rings. The summed E-state index contributed by atoms with van der Waals surface area (Å²) < 4.78 is 4.12. The first kappa shape index (κ1) is 14.2. The molecule has 0 bridgehead atoms. The first-order valence-electron chi connectivity index (χ1n) is 6.11. The third kappa shape index (κ3) is 3.00. The lowest BCUT2D eigenvalue weighted by Gasteiger charge is -2.14. The van der Waals surface area contributed by atoms with Crippen molar-refractivity contribution >= 4 is 50.9 Å². The minimum absolute atomic E-state index is 0.437. The summed E-state index contributed by atoms with van der Waals surface area (Å²) in [5, 5.41) is 0. The maximum atomic E-state index is 5.44. The van der Waals surface area contributed by atoms with E-state index in [0.29, 0.717) is 6.04 Å². The van der Waals surface area contributed by atoms with E-state index in [1.54, 1.807) is 0 Å². The fraction of sp³-hybridized carbons (Fsp3) is 0.462. The van der Waals surface area contributed by atoms with Crippen molar-refractivity contribution in [1.29, 1.82) is 0 Å². The third-order valence-electron chi connectivity index (χ3n) is 3.00. The zero-order valence-corrected chi connectivity index (χ0v) is 13.8. The van der Waals surface area contributed by atoms with E-state index in [9.17, 15) is 0 Å². The second kappa shape index (κ2) is 6.26.